The molecule has 2 fully saturated rings. The van der Waals surface area contributed by atoms with E-state index < -0.39 is 0 Å². The largest absolute Gasteiger partial charge is 0.371 e. The topological polar surface area (TPSA) is 12.0 Å². The van der Waals surface area contributed by atoms with Gasteiger partial charge in [0.2, 0.25) is 0 Å². The van der Waals surface area contributed by atoms with Crippen LogP contribution in [0.25, 0.3) is 5.57 Å². The maximum absolute atomic E-state index is 5.98. The molecule has 0 radical (unpaired) electrons. The molecule has 0 saturated heterocycles. The summed E-state index contributed by atoms with van der Waals surface area (Å²) < 4.78 is 0. The Kier molecular flexibility index (Phi) is 6.51. The van der Waals surface area contributed by atoms with Crippen LogP contribution < -0.4 is 5.32 Å². The van der Waals surface area contributed by atoms with E-state index in [9.17, 15) is 0 Å². The lowest BCUT2D eigenvalue weighted by molar-refractivity contribution is 0.311. The van der Waals surface area contributed by atoms with Gasteiger partial charge in [-0.15, -0.1) is 6.42 Å². The summed E-state index contributed by atoms with van der Waals surface area (Å²) in [4.78, 5) is 0. The Morgan fingerprint density at radius 3 is 2.76 bits per heavy atom. The SMILES string of the molecule is C#CC(CC=CCc1ccccc1)Nc1ccc(C2=CC(C)C=C2)cc1C1CCCC2CC21C. The van der Waals surface area contributed by atoms with Crippen molar-refractivity contribution in [3.05, 3.63) is 95.6 Å². The van der Waals surface area contributed by atoms with Crippen molar-refractivity contribution in [2.75, 3.05) is 5.32 Å². The van der Waals surface area contributed by atoms with Gasteiger partial charge in [0.25, 0.3) is 0 Å². The molecule has 5 atom stereocenters. The predicted octanol–water partition coefficient (Wildman–Crippen LogP) is 8.17. The van der Waals surface area contributed by atoms with Crippen molar-refractivity contribution in [2.45, 2.75) is 64.3 Å². The third kappa shape index (κ3) is 4.78. The summed E-state index contributed by atoms with van der Waals surface area (Å²) in [5.74, 6) is 5.04. The Hall–Kier alpha value is -2.98. The Balaban J connectivity index is 1.36. The van der Waals surface area contributed by atoms with Crippen molar-refractivity contribution in [2.24, 2.45) is 17.3 Å². The zero-order valence-electron chi connectivity index (χ0n) is 20.6. The zero-order chi connectivity index (χ0) is 23.5. The minimum atomic E-state index is -0.00589. The van der Waals surface area contributed by atoms with E-state index in [1.165, 1.54) is 53.6 Å². The van der Waals surface area contributed by atoms with Gasteiger partial charge >= 0.3 is 0 Å². The van der Waals surface area contributed by atoms with Gasteiger partial charge in [0.05, 0.1) is 6.04 Å². The van der Waals surface area contributed by atoms with E-state index in [1.54, 1.807) is 0 Å². The molecule has 2 saturated carbocycles. The molecule has 3 aliphatic carbocycles. The van der Waals surface area contributed by atoms with Crippen molar-refractivity contribution in [3.8, 4) is 12.3 Å². The standard InChI is InChI=1S/C33H37N/c1-4-29(15-9-8-13-25-11-6-5-7-12-25)34-32-20-19-27(26-18-17-24(2)21-26)22-30(32)31-16-10-14-28-23-33(28,31)3/h1,5-9,11-12,17-22,24,28-29,31,34H,10,13-16,23H2,2-3H3. The summed E-state index contributed by atoms with van der Waals surface area (Å²) in [6.45, 7) is 4.76. The molecule has 0 heterocycles. The Labute approximate surface area is 206 Å². The predicted molar refractivity (Wildman–Crippen MR) is 146 cm³/mol. The first-order valence-corrected chi connectivity index (χ1v) is 13.0. The van der Waals surface area contributed by atoms with E-state index in [-0.39, 0.29) is 6.04 Å². The van der Waals surface area contributed by atoms with Gasteiger partial charge in [-0.3, -0.25) is 0 Å². The molecule has 2 aromatic carbocycles. The van der Waals surface area contributed by atoms with Gasteiger partial charge in [0, 0.05) is 5.69 Å². The van der Waals surface area contributed by atoms with Gasteiger partial charge in [-0.25, -0.2) is 0 Å². The van der Waals surface area contributed by atoms with Crippen LogP contribution in [0.1, 0.15) is 68.6 Å². The second-order valence-corrected chi connectivity index (χ2v) is 10.8. The molecule has 1 N–H and O–H groups in total. The lowest BCUT2D eigenvalue weighted by Gasteiger charge is -2.32. The van der Waals surface area contributed by atoms with E-state index in [0.29, 0.717) is 17.3 Å². The molecule has 0 aromatic heterocycles. The van der Waals surface area contributed by atoms with E-state index in [4.69, 9.17) is 6.42 Å². The number of anilines is 1. The molecule has 174 valence electrons. The summed E-state index contributed by atoms with van der Waals surface area (Å²) in [7, 11) is 0. The number of hydrogen-bond acceptors (Lipinski definition) is 1. The first-order valence-electron chi connectivity index (χ1n) is 13.0. The first kappa shape index (κ1) is 22.8. The second-order valence-electron chi connectivity index (χ2n) is 10.8. The number of hydrogen-bond donors (Lipinski definition) is 1. The average Bonchev–Trinajstić information content (AvgIpc) is 3.37. The van der Waals surface area contributed by atoms with Crippen LogP contribution in [0.5, 0.6) is 0 Å². The minimum Gasteiger partial charge on any atom is -0.371 e. The molecule has 3 aliphatic rings. The quantitative estimate of drug-likeness (QED) is 0.318. The summed E-state index contributed by atoms with van der Waals surface area (Å²) in [5.41, 5.74) is 7.19. The van der Waals surface area contributed by atoms with Crippen LogP contribution in [0.4, 0.5) is 5.69 Å². The molecule has 5 unspecified atom stereocenters. The van der Waals surface area contributed by atoms with Crippen LogP contribution in [-0.4, -0.2) is 6.04 Å². The van der Waals surface area contributed by atoms with Crippen LogP contribution in [-0.2, 0) is 6.42 Å². The number of fused-ring (bicyclic) bond motifs is 1. The van der Waals surface area contributed by atoms with E-state index >= 15 is 0 Å². The Morgan fingerprint density at radius 2 is 2.00 bits per heavy atom. The highest BCUT2D eigenvalue weighted by molar-refractivity contribution is 5.78. The molecular weight excluding hydrogens is 410 g/mol. The molecular formula is C33H37N. The fourth-order valence-electron chi connectivity index (χ4n) is 6.17. The molecule has 0 aliphatic heterocycles. The average molecular weight is 448 g/mol. The molecule has 1 nitrogen and oxygen atoms in total. The summed E-state index contributed by atoms with van der Waals surface area (Å²) in [6.07, 6.45) is 24.6. The molecule has 0 bridgehead atoms. The summed E-state index contributed by atoms with van der Waals surface area (Å²) >= 11 is 0. The highest BCUT2D eigenvalue weighted by Crippen LogP contribution is 2.67. The van der Waals surface area contributed by atoms with E-state index in [0.717, 1.165) is 18.8 Å². The van der Waals surface area contributed by atoms with Crippen LogP contribution in [0.2, 0.25) is 0 Å². The van der Waals surface area contributed by atoms with Crippen LogP contribution in [0.15, 0.2) is 78.9 Å². The smallest absolute Gasteiger partial charge is 0.0909 e. The monoisotopic (exact) mass is 447 g/mol. The summed E-state index contributed by atoms with van der Waals surface area (Å²) in [5, 5.41) is 3.75. The molecule has 2 aromatic rings. The normalized spacial score (nSPS) is 28.3. The number of nitrogens with one attached hydrogen (secondary N) is 1. The fraction of sp³-hybridized carbons (Fsp3) is 0.394. The van der Waals surface area contributed by atoms with Crippen molar-refractivity contribution in [3.63, 3.8) is 0 Å². The number of terminal acetylenes is 1. The van der Waals surface area contributed by atoms with Gasteiger partial charge in [0.1, 0.15) is 0 Å². The lowest BCUT2D eigenvalue weighted by atomic mass is 9.74. The van der Waals surface area contributed by atoms with Gasteiger partial charge in [-0.1, -0.05) is 93.0 Å². The van der Waals surface area contributed by atoms with Crippen LogP contribution >= 0.6 is 0 Å². The van der Waals surface area contributed by atoms with Gasteiger partial charge < -0.3 is 5.32 Å². The van der Waals surface area contributed by atoms with Gasteiger partial charge in [0.15, 0.2) is 0 Å². The van der Waals surface area contributed by atoms with Crippen molar-refractivity contribution >= 4 is 11.3 Å². The summed E-state index contributed by atoms with van der Waals surface area (Å²) in [6, 6.07) is 17.6. The lowest BCUT2D eigenvalue weighted by Crippen LogP contribution is -2.22. The maximum atomic E-state index is 5.98. The third-order valence-electron chi connectivity index (χ3n) is 8.35. The molecule has 34 heavy (non-hydrogen) atoms. The fourth-order valence-corrected chi connectivity index (χ4v) is 6.17. The molecule has 0 amide bonds. The van der Waals surface area contributed by atoms with Crippen molar-refractivity contribution in [1.82, 2.24) is 0 Å². The van der Waals surface area contributed by atoms with Gasteiger partial charge in [-0.2, -0.15) is 0 Å². The van der Waals surface area contributed by atoms with Crippen molar-refractivity contribution in [1.29, 1.82) is 0 Å². The van der Waals surface area contributed by atoms with E-state index in [2.05, 4.69) is 104 Å². The Morgan fingerprint density at radius 1 is 1.15 bits per heavy atom. The number of benzene rings is 2. The second kappa shape index (κ2) is 9.71. The van der Waals surface area contributed by atoms with E-state index in [1.807, 2.05) is 0 Å². The highest BCUT2D eigenvalue weighted by atomic mass is 14.9. The van der Waals surface area contributed by atoms with Crippen LogP contribution in [0.3, 0.4) is 0 Å². The van der Waals surface area contributed by atoms with Crippen molar-refractivity contribution < 1.29 is 0 Å². The number of rotatable bonds is 8. The molecule has 5 rings (SSSR count). The number of allylic oxidation sites excluding steroid dienone is 5. The van der Waals surface area contributed by atoms with Gasteiger partial charge in [-0.05, 0) is 89.7 Å². The zero-order valence-corrected chi connectivity index (χ0v) is 20.6. The minimum absolute atomic E-state index is 0.00589. The third-order valence-corrected chi connectivity index (χ3v) is 8.35. The maximum Gasteiger partial charge on any atom is 0.0909 e. The van der Waals surface area contributed by atoms with Crippen LogP contribution in [0, 0.1) is 29.6 Å². The molecule has 0 spiro atoms. The molecule has 1 heteroatoms. The first-order chi connectivity index (χ1) is 16.6. The highest BCUT2D eigenvalue weighted by Gasteiger charge is 2.57. The Bertz CT molecular complexity index is 1140.